The molecule has 3 rings (SSSR count). The first-order valence-electron chi connectivity index (χ1n) is 8.25. The number of rotatable bonds is 5. The summed E-state index contributed by atoms with van der Waals surface area (Å²) in [6.07, 6.45) is 3.32. The second kappa shape index (κ2) is 7.40. The van der Waals surface area contributed by atoms with Crippen molar-refractivity contribution in [3.05, 3.63) is 78.0 Å². The van der Waals surface area contributed by atoms with Crippen molar-refractivity contribution in [2.75, 3.05) is 5.32 Å². The van der Waals surface area contributed by atoms with Crippen LogP contribution in [0.1, 0.15) is 5.56 Å². The molecule has 7 nitrogen and oxygen atoms in total. The van der Waals surface area contributed by atoms with Gasteiger partial charge in [-0.3, -0.25) is 4.79 Å². The molecule has 1 amide bonds. The summed E-state index contributed by atoms with van der Waals surface area (Å²) in [6.45, 7) is 0. The molecule has 2 atom stereocenters. The maximum Gasteiger partial charge on any atom is 0.238 e. The number of hydrogen-bond donors (Lipinski definition) is 4. The Labute approximate surface area is 167 Å². The van der Waals surface area contributed by atoms with Crippen LogP contribution in [0.5, 0.6) is 0 Å². The summed E-state index contributed by atoms with van der Waals surface area (Å²) in [6, 6.07) is 15.2. The molecule has 0 aliphatic heterocycles. The minimum absolute atomic E-state index is 0.0728. The van der Waals surface area contributed by atoms with Gasteiger partial charge in [0.25, 0.3) is 0 Å². The number of hydrogen-bond acceptors (Lipinski definition) is 5. The normalized spacial score (nSPS) is 22.2. The Balaban J connectivity index is 2.06. The van der Waals surface area contributed by atoms with E-state index in [1.807, 2.05) is 30.3 Å². The van der Waals surface area contributed by atoms with Crippen molar-refractivity contribution in [3.63, 3.8) is 0 Å². The van der Waals surface area contributed by atoms with Crippen molar-refractivity contribution in [1.82, 2.24) is 0 Å². The zero-order valence-electron chi connectivity index (χ0n) is 14.7. The topological polar surface area (TPSA) is 141 Å². The number of carbonyl (C=O) groups is 1. The lowest BCUT2D eigenvalue weighted by Crippen LogP contribution is -2.51. The number of nitrogens with one attached hydrogen (secondary N) is 1. The van der Waals surface area contributed by atoms with Crippen LogP contribution in [0.25, 0.3) is 5.57 Å². The summed E-state index contributed by atoms with van der Waals surface area (Å²) >= 11 is 6.49. The molecule has 0 radical (unpaired) electrons. The maximum atomic E-state index is 12.0. The van der Waals surface area contributed by atoms with Crippen molar-refractivity contribution in [1.29, 1.82) is 0 Å². The first kappa shape index (κ1) is 20.1. The Kier molecular flexibility index (Phi) is 5.31. The van der Waals surface area contributed by atoms with Gasteiger partial charge < -0.3 is 16.8 Å². The molecule has 1 aliphatic carbocycles. The van der Waals surface area contributed by atoms with Crippen molar-refractivity contribution in [3.8, 4) is 0 Å². The van der Waals surface area contributed by atoms with E-state index in [1.165, 1.54) is 18.2 Å². The summed E-state index contributed by atoms with van der Waals surface area (Å²) in [5.41, 5.74) is 14.0. The molecular weight excluding hydrogens is 400 g/mol. The van der Waals surface area contributed by atoms with Gasteiger partial charge in [-0.05, 0) is 35.4 Å². The largest absolute Gasteiger partial charge is 0.369 e. The van der Waals surface area contributed by atoms with E-state index >= 15 is 0 Å². The second-order valence-electron chi connectivity index (χ2n) is 6.39. The average Bonchev–Trinajstić information content (AvgIpc) is 2.63. The Morgan fingerprint density at radius 3 is 2.39 bits per heavy atom. The number of halogens is 1. The third kappa shape index (κ3) is 4.10. The van der Waals surface area contributed by atoms with E-state index in [-0.39, 0.29) is 4.90 Å². The molecule has 2 aromatic carbocycles. The lowest BCUT2D eigenvalue weighted by Gasteiger charge is -2.35. The van der Waals surface area contributed by atoms with Crippen LogP contribution in [-0.4, -0.2) is 19.3 Å². The average molecular weight is 419 g/mol. The van der Waals surface area contributed by atoms with Crippen molar-refractivity contribution in [2.24, 2.45) is 22.5 Å². The number of nitrogens with two attached hydrogens (primary N) is 3. The van der Waals surface area contributed by atoms with Crippen molar-refractivity contribution >= 4 is 38.8 Å². The Hall–Kier alpha value is -2.65. The van der Waals surface area contributed by atoms with Gasteiger partial charge in [0.05, 0.1) is 16.5 Å². The van der Waals surface area contributed by atoms with Crippen LogP contribution in [-0.2, 0) is 14.8 Å². The van der Waals surface area contributed by atoms with E-state index in [1.54, 1.807) is 18.2 Å². The third-order valence-corrected chi connectivity index (χ3v) is 5.72. The van der Waals surface area contributed by atoms with Crippen LogP contribution >= 0.6 is 11.6 Å². The molecule has 2 aromatic rings. The van der Waals surface area contributed by atoms with Gasteiger partial charge in [-0.15, -0.1) is 0 Å². The van der Waals surface area contributed by atoms with Gasteiger partial charge in [-0.1, -0.05) is 54.1 Å². The molecule has 0 heterocycles. The van der Waals surface area contributed by atoms with Gasteiger partial charge in [0.2, 0.25) is 15.9 Å². The number of carbonyl (C=O) groups excluding carboxylic acids is 1. The van der Waals surface area contributed by atoms with Crippen LogP contribution in [0.15, 0.2) is 77.3 Å². The molecule has 0 spiro atoms. The number of alkyl halides is 1. The number of benzene rings is 2. The number of anilines is 1. The highest BCUT2D eigenvalue weighted by Crippen LogP contribution is 2.38. The lowest BCUT2D eigenvalue weighted by molar-refractivity contribution is -0.121. The zero-order valence-corrected chi connectivity index (χ0v) is 16.2. The third-order valence-electron chi connectivity index (χ3n) is 4.37. The molecule has 0 saturated heterocycles. The van der Waals surface area contributed by atoms with Gasteiger partial charge >= 0.3 is 0 Å². The number of primary sulfonamides is 1. The van der Waals surface area contributed by atoms with Gasteiger partial charge in [0.1, 0.15) is 5.00 Å². The molecule has 28 heavy (non-hydrogen) atoms. The predicted octanol–water partition coefficient (Wildman–Crippen LogP) is 1.72. The molecule has 146 valence electrons. The first-order chi connectivity index (χ1) is 13.1. The smallest absolute Gasteiger partial charge is 0.238 e. The van der Waals surface area contributed by atoms with Crippen LogP contribution in [0.2, 0.25) is 0 Å². The van der Waals surface area contributed by atoms with Gasteiger partial charge in [0, 0.05) is 5.69 Å². The zero-order chi connectivity index (χ0) is 20.5. The summed E-state index contributed by atoms with van der Waals surface area (Å²) in [5, 5.41) is 8.18. The number of primary amides is 1. The molecule has 7 N–H and O–H groups in total. The van der Waals surface area contributed by atoms with E-state index in [2.05, 4.69) is 5.32 Å². The number of allylic oxidation sites excluding steroid dienone is 2. The van der Waals surface area contributed by atoms with Gasteiger partial charge in [-0.2, -0.15) is 0 Å². The molecule has 2 unspecified atom stereocenters. The van der Waals surface area contributed by atoms with E-state index in [0.717, 1.165) is 5.56 Å². The van der Waals surface area contributed by atoms with E-state index in [9.17, 15) is 13.2 Å². The SMILES string of the molecule is NC(=O)C1C=C(c2ccccc2)C=C(Nc2cccc(S(N)(=O)=O)c2)C1(N)Cl. The highest BCUT2D eigenvalue weighted by atomic mass is 35.5. The molecule has 0 bridgehead atoms. The summed E-state index contributed by atoms with van der Waals surface area (Å²) < 4.78 is 23.2. The van der Waals surface area contributed by atoms with Crippen LogP contribution < -0.4 is 21.9 Å². The van der Waals surface area contributed by atoms with Crippen LogP contribution in [0.4, 0.5) is 5.69 Å². The number of sulfonamides is 1. The minimum atomic E-state index is -3.88. The lowest BCUT2D eigenvalue weighted by atomic mass is 9.85. The Morgan fingerprint density at radius 2 is 1.79 bits per heavy atom. The fourth-order valence-corrected chi connectivity index (χ4v) is 3.75. The minimum Gasteiger partial charge on any atom is -0.369 e. The standard InChI is InChI=1S/C19H19ClN4O3S/c20-19(22)16(18(21)25)9-13(12-5-2-1-3-6-12)10-17(19)24-14-7-4-8-15(11-14)28(23,26)27/h1-11,16,24H,22H2,(H2,21,25)(H2,23,26,27). The highest BCUT2D eigenvalue weighted by Gasteiger charge is 2.42. The Morgan fingerprint density at radius 1 is 1.11 bits per heavy atom. The quantitative estimate of drug-likeness (QED) is 0.432. The van der Waals surface area contributed by atoms with Gasteiger partial charge in [-0.25, -0.2) is 13.6 Å². The number of amides is 1. The van der Waals surface area contributed by atoms with Gasteiger partial charge in [0.15, 0.2) is 0 Å². The second-order valence-corrected chi connectivity index (χ2v) is 8.58. The summed E-state index contributed by atoms with van der Waals surface area (Å²) in [5.74, 6) is -1.67. The fourth-order valence-electron chi connectivity index (χ4n) is 2.92. The van der Waals surface area contributed by atoms with E-state index < -0.39 is 26.8 Å². The van der Waals surface area contributed by atoms with E-state index in [0.29, 0.717) is 17.0 Å². The van der Waals surface area contributed by atoms with Crippen LogP contribution in [0, 0.1) is 5.92 Å². The van der Waals surface area contributed by atoms with Crippen molar-refractivity contribution in [2.45, 2.75) is 9.89 Å². The predicted molar refractivity (Wildman–Crippen MR) is 109 cm³/mol. The maximum absolute atomic E-state index is 12.0. The monoisotopic (exact) mass is 418 g/mol. The summed E-state index contributed by atoms with van der Waals surface area (Å²) in [7, 11) is -3.88. The molecule has 1 aliphatic rings. The van der Waals surface area contributed by atoms with Crippen molar-refractivity contribution < 1.29 is 13.2 Å². The molecule has 0 saturated carbocycles. The first-order valence-corrected chi connectivity index (χ1v) is 10.2. The molecule has 0 aromatic heterocycles. The summed E-state index contributed by atoms with van der Waals surface area (Å²) in [4.78, 5) is 10.3. The van der Waals surface area contributed by atoms with Crippen LogP contribution in [0.3, 0.4) is 0 Å². The fraction of sp³-hybridized carbons (Fsp3) is 0.105. The Bertz CT molecular complexity index is 1080. The molecular formula is C19H19ClN4O3S. The molecule has 9 heteroatoms. The van der Waals surface area contributed by atoms with E-state index in [4.69, 9.17) is 28.2 Å². The molecule has 0 fully saturated rings. The highest BCUT2D eigenvalue weighted by molar-refractivity contribution is 7.89.